The van der Waals surface area contributed by atoms with E-state index in [1.54, 1.807) is 7.11 Å². The molecule has 1 saturated heterocycles. The van der Waals surface area contributed by atoms with Crippen LogP contribution >= 0.6 is 24.0 Å². The molecule has 1 aromatic rings. The second-order valence-corrected chi connectivity index (χ2v) is 8.22. The van der Waals surface area contributed by atoms with E-state index in [2.05, 4.69) is 49.3 Å². The predicted octanol–water partition coefficient (Wildman–Crippen LogP) is 3.65. The summed E-state index contributed by atoms with van der Waals surface area (Å²) in [4.78, 5) is 7.30. The molecule has 166 valence electrons. The van der Waals surface area contributed by atoms with Crippen LogP contribution in [0.1, 0.15) is 46.1 Å². The zero-order valence-electron chi connectivity index (χ0n) is 18.7. The van der Waals surface area contributed by atoms with Crippen molar-refractivity contribution in [1.29, 1.82) is 0 Å². The number of nitrogens with one attached hydrogen (secondary N) is 2. The van der Waals surface area contributed by atoms with Crippen LogP contribution in [0.2, 0.25) is 0 Å². The fraction of sp³-hybridized carbons (Fsp3) is 0.682. The van der Waals surface area contributed by atoms with E-state index in [1.165, 1.54) is 12.8 Å². The van der Waals surface area contributed by atoms with Crippen molar-refractivity contribution in [3.05, 3.63) is 29.8 Å². The Morgan fingerprint density at radius 1 is 1.24 bits per heavy atom. The molecule has 1 heterocycles. The van der Waals surface area contributed by atoms with Gasteiger partial charge in [-0.3, -0.25) is 4.90 Å². The Morgan fingerprint density at radius 2 is 2.00 bits per heavy atom. The lowest BCUT2D eigenvalue weighted by Crippen LogP contribution is -2.45. The highest BCUT2D eigenvalue weighted by Gasteiger charge is 2.24. The van der Waals surface area contributed by atoms with Gasteiger partial charge in [0.25, 0.3) is 0 Å². The van der Waals surface area contributed by atoms with Gasteiger partial charge in [0, 0.05) is 38.3 Å². The first-order chi connectivity index (χ1) is 13.4. The minimum Gasteiger partial charge on any atom is -0.488 e. The summed E-state index contributed by atoms with van der Waals surface area (Å²) in [6.45, 7) is 13.5. The maximum absolute atomic E-state index is 6.09. The fourth-order valence-electron chi connectivity index (χ4n) is 3.41. The van der Waals surface area contributed by atoms with E-state index in [0.29, 0.717) is 12.6 Å². The molecular weight excluding hydrogens is 479 g/mol. The van der Waals surface area contributed by atoms with Crippen LogP contribution in [0.5, 0.6) is 5.75 Å². The van der Waals surface area contributed by atoms with Crippen molar-refractivity contribution in [3.63, 3.8) is 0 Å². The Balaban J connectivity index is 0.00000420. The lowest BCUT2D eigenvalue weighted by molar-refractivity contribution is 0.129. The van der Waals surface area contributed by atoms with Crippen molar-refractivity contribution < 1.29 is 9.47 Å². The van der Waals surface area contributed by atoms with Crippen molar-refractivity contribution in [2.24, 2.45) is 4.99 Å². The van der Waals surface area contributed by atoms with Gasteiger partial charge in [-0.15, -0.1) is 24.0 Å². The summed E-state index contributed by atoms with van der Waals surface area (Å²) >= 11 is 0. The van der Waals surface area contributed by atoms with Gasteiger partial charge in [0.05, 0.1) is 13.2 Å². The first-order valence-electron chi connectivity index (χ1n) is 10.4. The van der Waals surface area contributed by atoms with Gasteiger partial charge in [-0.2, -0.15) is 0 Å². The van der Waals surface area contributed by atoms with E-state index in [0.717, 1.165) is 50.1 Å². The highest BCUT2D eigenvalue weighted by molar-refractivity contribution is 14.0. The van der Waals surface area contributed by atoms with E-state index >= 15 is 0 Å². The van der Waals surface area contributed by atoms with Crippen LogP contribution in [0.25, 0.3) is 0 Å². The SMILES string of the molecule is CCNC(=NCc1ccccc1OC(C)(C)C)NCC1CCCN1CCOC.I. The molecule has 1 aliphatic heterocycles. The molecule has 1 aliphatic rings. The average Bonchev–Trinajstić information content (AvgIpc) is 3.09. The van der Waals surface area contributed by atoms with E-state index < -0.39 is 0 Å². The zero-order valence-corrected chi connectivity index (χ0v) is 21.0. The lowest BCUT2D eigenvalue weighted by Gasteiger charge is -2.25. The third kappa shape index (κ3) is 9.53. The second-order valence-electron chi connectivity index (χ2n) is 8.22. The number of ether oxygens (including phenoxy) is 2. The minimum absolute atomic E-state index is 0. The molecule has 2 rings (SSSR count). The van der Waals surface area contributed by atoms with Crippen LogP contribution in [-0.4, -0.2) is 62.4 Å². The van der Waals surface area contributed by atoms with Crippen LogP contribution in [0.3, 0.4) is 0 Å². The predicted molar refractivity (Wildman–Crippen MR) is 132 cm³/mol. The smallest absolute Gasteiger partial charge is 0.191 e. The van der Waals surface area contributed by atoms with Gasteiger partial charge < -0.3 is 20.1 Å². The maximum atomic E-state index is 6.09. The monoisotopic (exact) mass is 518 g/mol. The van der Waals surface area contributed by atoms with E-state index in [1.807, 2.05) is 18.2 Å². The number of nitrogens with zero attached hydrogens (tertiary/aromatic N) is 2. The third-order valence-electron chi connectivity index (χ3n) is 4.73. The van der Waals surface area contributed by atoms with Crippen LogP contribution in [-0.2, 0) is 11.3 Å². The lowest BCUT2D eigenvalue weighted by atomic mass is 10.1. The molecular formula is C22H39IN4O2. The summed E-state index contributed by atoms with van der Waals surface area (Å²) in [6, 6.07) is 8.68. The molecule has 1 fully saturated rings. The number of methoxy groups -OCH3 is 1. The summed E-state index contributed by atoms with van der Waals surface area (Å²) in [5.74, 6) is 1.75. The normalized spacial score (nSPS) is 17.7. The molecule has 0 aliphatic carbocycles. The second kappa shape index (κ2) is 13.3. The van der Waals surface area contributed by atoms with Gasteiger partial charge in [0.2, 0.25) is 0 Å². The molecule has 0 amide bonds. The Kier molecular flexibility index (Phi) is 11.9. The van der Waals surface area contributed by atoms with E-state index in [9.17, 15) is 0 Å². The van der Waals surface area contributed by atoms with Gasteiger partial charge in [-0.05, 0) is 53.1 Å². The van der Waals surface area contributed by atoms with Crippen molar-refractivity contribution in [3.8, 4) is 5.75 Å². The Bertz CT molecular complexity index is 619. The number of benzene rings is 1. The number of para-hydroxylation sites is 1. The first-order valence-corrected chi connectivity index (χ1v) is 10.4. The molecule has 0 aromatic heterocycles. The van der Waals surface area contributed by atoms with Gasteiger partial charge in [-0.25, -0.2) is 4.99 Å². The number of guanidine groups is 1. The highest BCUT2D eigenvalue weighted by atomic mass is 127. The van der Waals surface area contributed by atoms with Gasteiger partial charge >= 0.3 is 0 Å². The quantitative estimate of drug-likeness (QED) is 0.297. The molecule has 0 saturated carbocycles. The molecule has 1 unspecified atom stereocenters. The number of hydrogen-bond donors (Lipinski definition) is 2. The molecule has 6 nitrogen and oxygen atoms in total. The molecule has 0 bridgehead atoms. The van der Waals surface area contributed by atoms with Crippen LogP contribution in [0, 0.1) is 0 Å². The number of rotatable bonds is 9. The van der Waals surface area contributed by atoms with Gasteiger partial charge in [0.15, 0.2) is 5.96 Å². The van der Waals surface area contributed by atoms with Crippen LogP contribution < -0.4 is 15.4 Å². The van der Waals surface area contributed by atoms with E-state index in [4.69, 9.17) is 14.5 Å². The van der Waals surface area contributed by atoms with Crippen molar-refractivity contribution in [2.45, 2.75) is 58.7 Å². The molecule has 0 spiro atoms. The van der Waals surface area contributed by atoms with Crippen LogP contribution in [0.4, 0.5) is 0 Å². The topological polar surface area (TPSA) is 58.1 Å². The average molecular weight is 518 g/mol. The highest BCUT2D eigenvalue weighted by Crippen LogP contribution is 2.23. The van der Waals surface area contributed by atoms with Crippen molar-refractivity contribution in [1.82, 2.24) is 15.5 Å². The van der Waals surface area contributed by atoms with Gasteiger partial charge in [0.1, 0.15) is 11.4 Å². The fourth-order valence-corrected chi connectivity index (χ4v) is 3.41. The largest absolute Gasteiger partial charge is 0.488 e. The Morgan fingerprint density at radius 3 is 2.69 bits per heavy atom. The summed E-state index contributed by atoms with van der Waals surface area (Å²) in [6.07, 6.45) is 2.47. The molecule has 1 atom stereocenters. The van der Waals surface area contributed by atoms with Crippen LogP contribution in [0.15, 0.2) is 29.3 Å². The maximum Gasteiger partial charge on any atom is 0.191 e. The Hall–Kier alpha value is -1.06. The summed E-state index contributed by atoms with van der Waals surface area (Å²) in [5.41, 5.74) is 0.869. The molecule has 29 heavy (non-hydrogen) atoms. The summed E-state index contributed by atoms with van der Waals surface area (Å²) in [7, 11) is 1.76. The molecule has 2 N–H and O–H groups in total. The third-order valence-corrected chi connectivity index (χ3v) is 4.73. The molecule has 7 heteroatoms. The first kappa shape index (κ1) is 26.0. The van der Waals surface area contributed by atoms with Crippen molar-refractivity contribution in [2.75, 3.05) is 39.9 Å². The van der Waals surface area contributed by atoms with Gasteiger partial charge in [-0.1, -0.05) is 18.2 Å². The number of halogens is 1. The number of hydrogen-bond acceptors (Lipinski definition) is 4. The van der Waals surface area contributed by atoms with E-state index in [-0.39, 0.29) is 29.6 Å². The summed E-state index contributed by atoms with van der Waals surface area (Å²) < 4.78 is 11.3. The van der Waals surface area contributed by atoms with Crippen molar-refractivity contribution >= 4 is 29.9 Å². The Labute approximate surface area is 193 Å². The number of aliphatic imine (C=N–C) groups is 1. The molecule has 0 radical (unpaired) electrons. The summed E-state index contributed by atoms with van der Waals surface area (Å²) in [5, 5.41) is 6.88. The zero-order chi connectivity index (χ0) is 20.4. The standard InChI is InChI=1S/C22H38N4O2.HI/c1-6-23-21(25-17-19-11-9-13-26(19)14-15-27-5)24-16-18-10-7-8-12-20(18)28-22(2,3)4;/h7-8,10,12,19H,6,9,11,13-17H2,1-5H3,(H2,23,24,25);1H. The number of likely N-dealkylation sites (tertiary alicyclic amines) is 1. The minimum atomic E-state index is -0.225. The molecule has 1 aromatic carbocycles.